The van der Waals surface area contributed by atoms with Gasteiger partial charge in [-0.05, 0) is 30.0 Å². The number of hydrogen-bond acceptors (Lipinski definition) is 2. The van der Waals surface area contributed by atoms with Crippen LogP contribution in [-0.4, -0.2) is 20.7 Å². The van der Waals surface area contributed by atoms with E-state index in [9.17, 15) is 4.79 Å². The molecule has 0 fully saturated rings. The molecular weight excluding hydrogens is 276 g/mol. The van der Waals surface area contributed by atoms with Crippen LogP contribution < -0.4 is 0 Å². The van der Waals surface area contributed by atoms with Crippen molar-refractivity contribution in [2.45, 2.75) is 72.0 Å². The van der Waals surface area contributed by atoms with Gasteiger partial charge in [-0.25, -0.2) is 0 Å². The second-order valence-electron chi connectivity index (χ2n) is 8.27. The molecule has 1 aliphatic rings. The van der Waals surface area contributed by atoms with Crippen molar-refractivity contribution in [3.63, 3.8) is 0 Å². The van der Waals surface area contributed by atoms with Crippen LogP contribution in [-0.2, 0) is 9.22 Å². The van der Waals surface area contributed by atoms with E-state index in [1.54, 1.807) is 0 Å². The Kier molecular flexibility index (Phi) is 5.63. The van der Waals surface area contributed by atoms with E-state index in [0.29, 0.717) is 12.0 Å². The Labute approximate surface area is 131 Å². The molecule has 0 aromatic rings. The molecule has 0 radical (unpaired) electrons. The van der Waals surface area contributed by atoms with Gasteiger partial charge in [-0.2, -0.15) is 0 Å². The van der Waals surface area contributed by atoms with Gasteiger partial charge in [-0.1, -0.05) is 52.5 Å². The molecule has 21 heavy (non-hydrogen) atoms. The summed E-state index contributed by atoms with van der Waals surface area (Å²) in [6.07, 6.45) is 4.18. The van der Waals surface area contributed by atoms with Crippen LogP contribution >= 0.6 is 0 Å². The highest BCUT2D eigenvalue weighted by Crippen LogP contribution is 2.37. The quantitative estimate of drug-likeness (QED) is 0.555. The molecule has 0 spiro atoms. The van der Waals surface area contributed by atoms with Crippen LogP contribution in [0.3, 0.4) is 0 Å². The first-order chi connectivity index (χ1) is 9.45. The Balaban J connectivity index is 2.55. The van der Waals surface area contributed by atoms with E-state index in [2.05, 4.69) is 59.6 Å². The Morgan fingerprint density at radius 2 is 1.86 bits per heavy atom. The van der Waals surface area contributed by atoms with Gasteiger partial charge in [0.2, 0.25) is 0 Å². The van der Waals surface area contributed by atoms with Gasteiger partial charge < -0.3 is 4.43 Å². The van der Waals surface area contributed by atoms with Crippen LogP contribution in [0.2, 0.25) is 18.1 Å². The second-order valence-corrected chi connectivity index (χ2v) is 13.1. The Bertz CT molecular complexity index is 482. The molecule has 0 heterocycles. The predicted octanol–water partition coefficient (Wildman–Crippen LogP) is 4.72. The molecule has 0 aromatic carbocycles. The van der Waals surface area contributed by atoms with Crippen molar-refractivity contribution >= 4 is 14.1 Å². The van der Waals surface area contributed by atoms with Gasteiger partial charge in [0.05, 0.1) is 5.57 Å². The summed E-state index contributed by atoms with van der Waals surface area (Å²) in [4.78, 5) is 11.5. The Morgan fingerprint density at radius 3 is 2.33 bits per heavy atom. The first kappa shape index (κ1) is 18.2. The molecule has 0 bridgehead atoms. The van der Waals surface area contributed by atoms with Crippen LogP contribution in [0.4, 0.5) is 0 Å². The maximum Gasteiger partial charge on any atom is 0.192 e. The summed E-state index contributed by atoms with van der Waals surface area (Å²) in [5, 5.41) is 0.232. The highest BCUT2D eigenvalue weighted by atomic mass is 28.4. The molecule has 0 atom stereocenters. The van der Waals surface area contributed by atoms with Gasteiger partial charge in [-0.3, -0.25) is 4.79 Å². The number of ketones is 1. The highest BCUT2D eigenvalue weighted by molar-refractivity contribution is 6.74. The second kappa shape index (κ2) is 6.50. The highest BCUT2D eigenvalue weighted by Gasteiger charge is 2.38. The van der Waals surface area contributed by atoms with E-state index in [0.717, 1.165) is 19.4 Å². The topological polar surface area (TPSA) is 26.3 Å². The first-order valence-electron chi connectivity index (χ1n) is 7.81. The average molecular weight is 307 g/mol. The molecule has 2 nitrogen and oxygen atoms in total. The number of allylic oxidation sites excluding steroid dienone is 2. The molecule has 118 valence electrons. The van der Waals surface area contributed by atoms with Crippen molar-refractivity contribution in [2.75, 3.05) is 6.61 Å². The van der Waals surface area contributed by atoms with Crippen molar-refractivity contribution in [3.05, 3.63) is 11.6 Å². The van der Waals surface area contributed by atoms with Crippen LogP contribution in [0.15, 0.2) is 11.6 Å². The van der Waals surface area contributed by atoms with Crippen molar-refractivity contribution < 1.29 is 9.22 Å². The van der Waals surface area contributed by atoms with Gasteiger partial charge >= 0.3 is 0 Å². The smallest absolute Gasteiger partial charge is 0.192 e. The van der Waals surface area contributed by atoms with Crippen LogP contribution in [0.25, 0.3) is 0 Å². The van der Waals surface area contributed by atoms with Crippen molar-refractivity contribution in [1.82, 2.24) is 0 Å². The summed E-state index contributed by atoms with van der Waals surface area (Å²) in [7, 11) is -1.70. The summed E-state index contributed by atoms with van der Waals surface area (Å²) in [5.74, 6) is 6.39. The van der Waals surface area contributed by atoms with Crippen molar-refractivity contribution in [2.24, 2.45) is 5.41 Å². The van der Waals surface area contributed by atoms with Crippen molar-refractivity contribution in [1.29, 1.82) is 0 Å². The fourth-order valence-corrected chi connectivity index (χ4v) is 2.92. The number of carbonyl (C=O) groups is 1. The molecule has 0 unspecified atom stereocenters. The zero-order valence-electron chi connectivity index (χ0n) is 14.7. The van der Waals surface area contributed by atoms with Gasteiger partial charge in [0.15, 0.2) is 14.1 Å². The van der Waals surface area contributed by atoms with Gasteiger partial charge in [0.25, 0.3) is 0 Å². The fraction of sp³-hybridized carbons (Fsp3) is 0.722. The van der Waals surface area contributed by atoms with Gasteiger partial charge in [0.1, 0.15) is 0 Å². The molecular formula is C18H30O2Si. The average Bonchev–Trinajstić information content (AvgIpc) is 2.71. The molecule has 1 rings (SSSR count). The number of rotatable bonds is 4. The summed E-state index contributed by atoms with van der Waals surface area (Å²) in [6, 6.07) is 0. The standard InChI is InChI=1S/C18H30O2Si/c1-17(2,3)21(6,7)20-14-18(4,5)13-9-11-15-10-8-12-16(15)19/h10H,8,12-14H2,1-7H3. The van der Waals surface area contributed by atoms with Gasteiger partial charge in [0, 0.05) is 19.4 Å². The summed E-state index contributed by atoms with van der Waals surface area (Å²) in [5.41, 5.74) is 0.723. The lowest BCUT2D eigenvalue weighted by molar-refractivity contribution is -0.114. The lowest BCUT2D eigenvalue weighted by Crippen LogP contribution is -2.43. The predicted molar refractivity (Wildman–Crippen MR) is 91.6 cm³/mol. The Hall–Kier alpha value is -0.853. The van der Waals surface area contributed by atoms with E-state index in [-0.39, 0.29) is 16.2 Å². The summed E-state index contributed by atoms with van der Waals surface area (Å²) in [6.45, 7) is 16.4. The van der Waals surface area contributed by atoms with Crippen LogP contribution in [0.1, 0.15) is 53.9 Å². The van der Waals surface area contributed by atoms with E-state index < -0.39 is 8.32 Å². The summed E-state index contributed by atoms with van der Waals surface area (Å²) < 4.78 is 6.29. The van der Waals surface area contributed by atoms with E-state index in [1.807, 2.05) is 6.08 Å². The number of hydrogen-bond donors (Lipinski definition) is 0. The molecule has 1 aliphatic carbocycles. The molecule has 3 heteroatoms. The third-order valence-electron chi connectivity index (χ3n) is 4.44. The minimum atomic E-state index is -1.70. The molecule has 0 aromatic heterocycles. The zero-order valence-corrected chi connectivity index (χ0v) is 15.7. The van der Waals surface area contributed by atoms with Crippen molar-refractivity contribution in [3.8, 4) is 11.8 Å². The maximum atomic E-state index is 11.5. The molecule has 0 aliphatic heterocycles. The minimum absolute atomic E-state index is 0.0186. The molecule has 0 saturated heterocycles. The minimum Gasteiger partial charge on any atom is -0.416 e. The third kappa shape index (κ3) is 5.45. The number of Topliss-reactive ketones (excluding diaryl/α,β-unsaturated/α-hetero) is 1. The largest absolute Gasteiger partial charge is 0.416 e. The molecule has 0 N–H and O–H groups in total. The Morgan fingerprint density at radius 1 is 1.24 bits per heavy atom. The lowest BCUT2D eigenvalue weighted by Gasteiger charge is -2.38. The normalized spacial score (nSPS) is 16.5. The SMILES string of the molecule is CC(C)(CC#CC1=CCCC1=O)CO[Si](C)(C)C(C)(C)C. The third-order valence-corrected chi connectivity index (χ3v) is 8.92. The first-order valence-corrected chi connectivity index (χ1v) is 10.7. The van der Waals surface area contributed by atoms with E-state index in [4.69, 9.17) is 4.43 Å². The van der Waals surface area contributed by atoms with E-state index >= 15 is 0 Å². The zero-order chi connectivity index (χ0) is 16.3. The van der Waals surface area contributed by atoms with E-state index in [1.165, 1.54) is 0 Å². The summed E-state index contributed by atoms with van der Waals surface area (Å²) >= 11 is 0. The molecule has 0 amide bonds. The van der Waals surface area contributed by atoms with Gasteiger partial charge in [-0.15, -0.1) is 0 Å². The maximum absolute atomic E-state index is 11.5. The van der Waals surface area contributed by atoms with Crippen LogP contribution in [0, 0.1) is 17.3 Å². The fourth-order valence-electron chi connectivity index (χ4n) is 1.74. The number of carbonyl (C=O) groups excluding carboxylic acids is 1. The van der Waals surface area contributed by atoms with Crippen LogP contribution in [0.5, 0.6) is 0 Å². The lowest BCUT2D eigenvalue weighted by atomic mass is 9.91. The monoisotopic (exact) mass is 306 g/mol. The molecule has 0 saturated carbocycles.